The van der Waals surface area contributed by atoms with Gasteiger partial charge >= 0.3 is 0 Å². The van der Waals surface area contributed by atoms with Gasteiger partial charge in [-0.3, -0.25) is 4.79 Å². The van der Waals surface area contributed by atoms with E-state index >= 15 is 0 Å². The number of amides is 1. The number of anilines is 1. The number of methoxy groups -OCH3 is 1. The first-order chi connectivity index (χ1) is 9.86. The average Bonchev–Trinajstić information content (AvgIpc) is 2.66. The maximum absolute atomic E-state index is 12.7. The molecule has 1 aliphatic rings. The first-order valence-electron chi connectivity index (χ1n) is 6.26. The number of nitrogens with zero attached hydrogens (tertiary/aromatic N) is 1. The van der Waals surface area contributed by atoms with Crippen LogP contribution in [-0.2, 0) is 14.8 Å². The van der Waals surface area contributed by atoms with Crippen LogP contribution >= 0.6 is 15.9 Å². The first-order valence-corrected chi connectivity index (χ1v) is 8.49. The van der Waals surface area contributed by atoms with Gasteiger partial charge in [-0.25, -0.2) is 8.42 Å². The molecule has 116 valence electrons. The average molecular weight is 378 g/mol. The number of ether oxygens (including phenoxy) is 1. The molecule has 7 nitrogen and oxygen atoms in total. The highest BCUT2D eigenvalue weighted by atomic mass is 79.9. The monoisotopic (exact) mass is 377 g/mol. The Hall–Kier alpha value is -1.32. The van der Waals surface area contributed by atoms with Crippen LogP contribution in [0, 0.1) is 0 Å². The van der Waals surface area contributed by atoms with E-state index in [-0.39, 0.29) is 35.3 Å². The third-order valence-electron chi connectivity index (χ3n) is 3.13. The number of hydrogen-bond acceptors (Lipinski definition) is 5. The van der Waals surface area contributed by atoms with Gasteiger partial charge in [0.1, 0.15) is 10.6 Å². The minimum atomic E-state index is -3.85. The lowest BCUT2D eigenvalue weighted by Gasteiger charge is -2.20. The van der Waals surface area contributed by atoms with E-state index < -0.39 is 10.0 Å². The zero-order valence-electron chi connectivity index (χ0n) is 11.4. The third-order valence-corrected chi connectivity index (χ3v) is 5.68. The lowest BCUT2D eigenvalue weighted by Crippen LogP contribution is -2.37. The molecule has 9 heteroatoms. The van der Waals surface area contributed by atoms with E-state index in [2.05, 4.69) is 21.2 Å². The molecule has 3 N–H and O–H groups in total. The Labute approximate surface area is 131 Å². The molecule has 1 amide bonds. The molecule has 0 unspecified atom stereocenters. The molecule has 1 saturated heterocycles. The molecule has 1 fully saturated rings. The van der Waals surface area contributed by atoms with Crippen LogP contribution in [0.1, 0.15) is 6.42 Å². The molecular formula is C12H16BrN3O4S. The Bertz CT molecular complexity index is 663. The summed E-state index contributed by atoms with van der Waals surface area (Å²) >= 11 is 3.23. The number of nitrogens with two attached hydrogens (primary N) is 1. The van der Waals surface area contributed by atoms with Gasteiger partial charge in [0.15, 0.2) is 0 Å². The molecule has 21 heavy (non-hydrogen) atoms. The molecule has 0 spiro atoms. The molecule has 1 aromatic rings. The Kier molecular flexibility index (Phi) is 4.74. The third kappa shape index (κ3) is 3.30. The Morgan fingerprint density at radius 2 is 2.14 bits per heavy atom. The topological polar surface area (TPSA) is 102 Å². The van der Waals surface area contributed by atoms with Gasteiger partial charge in [0.05, 0.1) is 13.7 Å². The highest BCUT2D eigenvalue weighted by Gasteiger charge is 2.31. The van der Waals surface area contributed by atoms with Crippen LogP contribution < -0.4 is 15.8 Å². The van der Waals surface area contributed by atoms with Crippen molar-refractivity contribution in [3.63, 3.8) is 0 Å². The van der Waals surface area contributed by atoms with Gasteiger partial charge in [-0.15, -0.1) is 0 Å². The van der Waals surface area contributed by atoms with Gasteiger partial charge in [0.25, 0.3) is 0 Å². The number of sulfonamides is 1. The summed E-state index contributed by atoms with van der Waals surface area (Å²) in [5.74, 6) is -0.138. The molecule has 1 heterocycles. The zero-order valence-corrected chi connectivity index (χ0v) is 13.8. The molecule has 0 saturated carbocycles. The summed E-state index contributed by atoms with van der Waals surface area (Å²) in [4.78, 5) is 11.5. The molecule has 0 bridgehead atoms. The lowest BCUT2D eigenvalue weighted by molar-refractivity contribution is -0.120. The van der Waals surface area contributed by atoms with Crippen LogP contribution in [0.3, 0.4) is 0 Å². The van der Waals surface area contributed by atoms with Crippen molar-refractivity contribution >= 4 is 37.5 Å². The number of carbonyl (C=O) groups is 1. The van der Waals surface area contributed by atoms with Crippen molar-refractivity contribution in [1.82, 2.24) is 9.62 Å². The molecule has 2 rings (SSSR count). The molecule has 1 aliphatic heterocycles. The summed E-state index contributed by atoms with van der Waals surface area (Å²) in [5, 5.41) is 2.64. The predicted molar refractivity (Wildman–Crippen MR) is 81.5 cm³/mol. The van der Waals surface area contributed by atoms with Gasteiger partial charge < -0.3 is 15.8 Å². The van der Waals surface area contributed by atoms with Crippen LogP contribution in [0.25, 0.3) is 0 Å². The number of benzene rings is 1. The second kappa shape index (κ2) is 6.20. The van der Waals surface area contributed by atoms with Crippen LogP contribution in [0.5, 0.6) is 5.75 Å². The summed E-state index contributed by atoms with van der Waals surface area (Å²) < 4.78 is 32.3. The van der Waals surface area contributed by atoms with Crippen molar-refractivity contribution in [3.8, 4) is 5.75 Å². The summed E-state index contributed by atoms with van der Waals surface area (Å²) in [6.45, 7) is 0.520. The van der Waals surface area contributed by atoms with Crippen molar-refractivity contribution in [2.75, 3.05) is 32.5 Å². The molecule has 0 aromatic heterocycles. The van der Waals surface area contributed by atoms with Crippen LogP contribution in [0.15, 0.2) is 21.5 Å². The fraction of sp³-hybridized carbons (Fsp3) is 0.417. The number of nitrogen functional groups attached to an aromatic ring is 1. The molecular weight excluding hydrogens is 362 g/mol. The largest absolute Gasteiger partial charge is 0.495 e. The molecule has 0 aliphatic carbocycles. The fourth-order valence-electron chi connectivity index (χ4n) is 2.03. The van der Waals surface area contributed by atoms with E-state index in [1.807, 2.05) is 0 Å². The van der Waals surface area contributed by atoms with Gasteiger partial charge in [0, 0.05) is 23.2 Å². The quantitative estimate of drug-likeness (QED) is 0.748. The smallest absolute Gasteiger partial charge is 0.247 e. The summed E-state index contributed by atoms with van der Waals surface area (Å²) in [6.07, 6.45) is 0.555. The van der Waals surface area contributed by atoms with E-state index in [0.717, 1.165) is 4.31 Å². The Morgan fingerprint density at radius 1 is 1.43 bits per heavy atom. The second-order valence-corrected chi connectivity index (χ2v) is 7.33. The van der Waals surface area contributed by atoms with Crippen molar-refractivity contribution in [2.45, 2.75) is 11.3 Å². The van der Waals surface area contributed by atoms with Crippen LogP contribution in [0.2, 0.25) is 0 Å². The maximum Gasteiger partial charge on any atom is 0.247 e. The number of carbonyl (C=O) groups excluding carboxylic acids is 1. The van der Waals surface area contributed by atoms with Gasteiger partial charge in [-0.2, -0.15) is 4.31 Å². The molecule has 0 radical (unpaired) electrons. The Morgan fingerprint density at radius 3 is 2.81 bits per heavy atom. The standard InChI is InChI=1S/C12H16BrN3O4S/c1-20-10-5-8(13)9(14)6-11(10)21(18,19)16-4-2-3-15-12(17)7-16/h5-6H,2-4,7,14H2,1H3,(H,15,17). The first kappa shape index (κ1) is 16.1. The minimum absolute atomic E-state index is 0.0413. The lowest BCUT2D eigenvalue weighted by atomic mass is 10.3. The molecule has 1 aromatic carbocycles. The highest BCUT2D eigenvalue weighted by molar-refractivity contribution is 9.10. The van der Waals surface area contributed by atoms with E-state index in [1.165, 1.54) is 19.2 Å². The number of halogens is 1. The SMILES string of the molecule is COc1cc(Br)c(N)cc1S(=O)(=O)N1CCCNC(=O)C1. The number of hydrogen-bond donors (Lipinski definition) is 2. The van der Waals surface area contributed by atoms with Gasteiger partial charge in [-0.05, 0) is 34.5 Å². The van der Waals surface area contributed by atoms with Gasteiger partial charge in [0.2, 0.25) is 15.9 Å². The van der Waals surface area contributed by atoms with Crippen molar-refractivity contribution < 1.29 is 17.9 Å². The van der Waals surface area contributed by atoms with Gasteiger partial charge in [-0.1, -0.05) is 0 Å². The van der Waals surface area contributed by atoms with Crippen molar-refractivity contribution in [3.05, 3.63) is 16.6 Å². The number of nitrogens with one attached hydrogen (secondary N) is 1. The minimum Gasteiger partial charge on any atom is -0.495 e. The normalized spacial score (nSPS) is 17.1. The number of rotatable bonds is 3. The van der Waals surface area contributed by atoms with E-state index in [9.17, 15) is 13.2 Å². The second-order valence-electron chi connectivity index (χ2n) is 4.57. The van der Waals surface area contributed by atoms with E-state index in [4.69, 9.17) is 10.5 Å². The van der Waals surface area contributed by atoms with Crippen molar-refractivity contribution in [2.24, 2.45) is 0 Å². The van der Waals surface area contributed by atoms with Crippen LogP contribution in [0.4, 0.5) is 5.69 Å². The zero-order chi connectivity index (χ0) is 15.6. The summed E-state index contributed by atoms with van der Waals surface area (Å²) in [7, 11) is -2.47. The van der Waals surface area contributed by atoms with Crippen LogP contribution in [-0.4, -0.2) is 45.4 Å². The van der Waals surface area contributed by atoms with E-state index in [1.54, 1.807) is 0 Å². The fourth-order valence-corrected chi connectivity index (χ4v) is 3.96. The maximum atomic E-state index is 12.7. The highest BCUT2D eigenvalue weighted by Crippen LogP contribution is 2.34. The summed E-state index contributed by atoms with van der Waals surface area (Å²) in [5.41, 5.74) is 6.05. The summed E-state index contributed by atoms with van der Waals surface area (Å²) in [6, 6.07) is 2.83. The van der Waals surface area contributed by atoms with E-state index in [0.29, 0.717) is 17.4 Å². The molecule has 0 atom stereocenters. The Balaban J connectivity index is 2.48. The predicted octanol–water partition coefficient (Wildman–Crippen LogP) is 0.550. The van der Waals surface area contributed by atoms with Crippen molar-refractivity contribution in [1.29, 1.82) is 0 Å².